The van der Waals surface area contributed by atoms with Gasteiger partial charge in [0, 0.05) is 11.1 Å². The van der Waals surface area contributed by atoms with Crippen molar-refractivity contribution in [3.8, 4) is 0 Å². The van der Waals surface area contributed by atoms with Crippen LogP contribution < -0.4 is 0 Å². The van der Waals surface area contributed by atoms with Gasteiger partial charge in [0.15, 0.2) is 0 Å². The molecule has 0 unspecified atom stereocenters. The van der Waals surface area contributed by atoms with Crippen LogP contribution in [0.4, 0.5) is 4.39 Å². The Morgan fingerprint density at radius 1 is 0.882 bits per heavy atom. The molecular weight excluding hydrogens is 239 g/mol. The average molecular weight is 249 g/mol. The van der Waals surface area contributed by atoms with Gasteiger partial charge < -0.3 is 0 Å². The van der Waals surface area contributed by atoms with E-state index >= 15 is 0 Å². The summed E-state index contributed by atoms with van der Waals surface area (Å²) in [5.41, 5.74) is -1.80. The van der Waals surface area contributed by atoms with E-state index in [2.05, 4.69) is 0 Å². The molecule has 2 aromatic rings. The molecule has 0 aromatic heterocycles. The lowest BCUT2D eigenvalue weighted by atomic mass is 9.89. The van der Waals surface area contributed by atoms with Crippen molar-refractivity contribution in [1.29, 1.82) is 0 Å². The van der Waals surface area contributed by atoms with Crippen LogP contribution >= 0.6 is 11.6 Å². The number of carbonyl (C=O) groups is 1. The first-order valence-electron chi connectivity index (χ1n) is 5.15. The maximum Gasteiger partial charge on any atom is 0.268 e. The fourth-order valence-corrected chi connectivity index (χ4v) is 1.95. The van der Waals surface area contributed by atoms with E-state index < -0.39 is 10.9 Å². The molecular formula is C14H10ClFO. The number of alkyl halides is 1. The summed E-state index contributed by atoms with van der Waals surface area (Å²) in [6, 6.07) is 16.4. The molecule has 86 valence electrons. The number of benzene rings is 2. The van der Waals surface area contributed by atoms with Crippen molar-refractivity contribution >= 4 is 16.8 Å². The molecule has 17 heavy (non-hydrogen) atoms. The summed E-state index contributed by atoms with van der Waals surface area (Å²) in [6.07, 6.45) is 0. The molecule has 0 aliphatic heterocycles. The van der Waals surface area contributed by atoms with E-state index in [0.717, 1.165) is 0 Å². The number of hydrogen-bond donors (Lipinski definition) is 0. The second-order valence-corrected chi connectivity index (χ2v) is 4.01. The van der Waals surface area contributed by atoms with Crippen LogP contribution in [0.1, 0.15) is 11.1 Å². The molecule has 2 aromatic carbocycles. The van der Waals surface area contributed by atoms with Crippen molar-refractivity contribution in [2.24, 2.45) is 0 Å². The lowest BCUT2D eigenvalue weighted by Crippen LogP contribution is -2.28. The zero-order valence-electron chi connectivity index (χ0n) is 8.94. The lowest BCUT2D eigenvalue weighted by molar-refractivity contribution is -0.120. The van der Waals surface area contributed by atoms with Gasteiger partial charge in [-0.3, -0.25) is 4.79 Å². The molecule has 0 amide bonds. The fraction of sp³-hybridized carbons (Fsp3) is 0.0714. The molecule has 0 aliphatic rings. The van der Waals surface area contributed by atoms with Gasteiger partial charge in [-0.25, -0.2) is 4.39 Å². The third kappa shape index (κ3) is 2.08. The smallest absolute Gasteiger partial charge is 0.268 e. The Bertz CT molecular complexity index is 471. The highest BCUT2D eigenvalue weighted by Gasteiger charge is 2.41. The van der Waals surface area contributed by atoms with Crippen molar-refractivity contribution in [3.63, 3.8) is 0 Å². The van der Waals surface area contributed by atoms with Crippen LogP contribution in [0.15, 0.2) is 60.7 Å². The molecule has 0 aliphatic carbocycles. The third-order valence-corrected chi connectivity index (χ3v) is 2.87. The van der Waals surface area contributed by atoms with Crippen molar-refractivity contribution in [3.05, 3.63) is 71.8 Å². The highest BCUT2D eigenvalue weighted by molar-refractivity contribution is 6.65. The quantitative estimate of drug-likeness (QED) is 0.758. The molecule has 0 radical (unpaired) electrons. The van der Waals surface area contributed by atoms with E-state index in [1.165, 1.54) is 0 Å². The van der Waals surface area contributed by atoms with Crippen LogP contribution in [0.5, 0.6) is 0 Å². The van der Waals surface area contributed by atoms with Gasteiger partial charge in [-0.1, -0.05) is 60.7 Å². The van der Waals surface area contributed by atoms with Gasteiger partial charge in [-0.2, -0.15) is 0 Å². The number of halogens is 2. The first kappa shape index (κ1) is 11.8. The standard InChI is InChI=1S/C14H10ClFO/c15-13(17)14(16,11-7-3-1-4-8-11)12-9-5-2-6-10-12/h1-10H. The zero-order chi connectivity index (χ0) is 12.3. The lowest BCUT2D eigenvalue weighted by Gasteiger charge is -2.21. The molecule has 3 heteroatoms. The van der Waals surface area contributed by atoms with Gasteiger partial charge in [-0.05, 0) is 11.6 Å². The Balaban J connectivity index is 2.59. The van der Waals surface area contributed by atoms with E-state index in [1.807, 2.05) is 0 Å². The van der Waals surface area contributed by atoms with E-state index in [1.54, 1.807) is 60.7 Å². The molecule has 0 saturated carbocycles. The van der Waals surface area contributed by atoms with E-state index in [-0.39, 0.29) is 11.1 Å². The summed E-state index contributed by atoms with van der Waals surface area (Å²) in [5, 5.41) is -1.03. The largest absolute Gasteiger partial charge is 0.277 e. The molecule has 0 saturated heterocycles. The zero-order valence-corrected chi connectivity index (χ0v) is 9.69. The van der Waals surface area contributed by atoms with Crippen LogP contribution in [0.25, 0.3) is 0 Å². The van der Waals surface area contributed by atoms with Gasteiger partial charge in [0.1, 0.15) is 0 Å². The monoisotopic (exact) mass is 248 g/mol. The SMILES string of the molecule is O=C(Cl)C(F)(c1ccccc1)c1ccccc1. The Kier molecular flexibility index (Phi) is 3.25. The van der Waals surface area contributed by atoms with E-state index in [4.69, 9.17) is 11.6 Å². The van der Waals surface area contributed by atoms with Gasteiger partial charge in [0.2, 0.25) is 5.67 Å². The first-order chi connectivity index (χ1) is 8.15. The summed E-state index contributed by atoms with van der Waals surface area (Å²) in [7, 11) is 0. The summed E-state index contributed by atoms with van der Waals surface area (Å²) < 4.78 is 14.9. The second-order valence-electron chi connectivity index (χ2n) is 3.66. The molecule has 2 rings (SSSR count). The van der Waals surface area contributed by atoms with Crippen LogP contribution in [0.3, 0.4) is 0 Å². The Morgan fingerprint density at radius 2 is 1.24 bits per heavy atom. The minimum atomic E-state index is -2.29. The number of rotatable bonds is 3. The predicted octanol–water partition coefficient (Wildman–Crippen LogP) is 3.67. The van der Waals surface area contributed by atoms with Crippen molar-refractivity contribution in [1.82, 2.24) is 0 Å². The van der Waals surface area contributed by atoms with Crippen molar-refractivity contribution in [2.75, 3.05) is 0 Å². The summed E-state index contributed by atoms with van der Waals surface area (Å²) in [4.78, 5) is 11.5. The normalized spacial score (nSPS) is 11.2. The Hall–Kier alpha value is -1.67. The number of hydrogen-bond acceptors (Lipinski definition) is 1. The molecule has 0 fully saturated rings. The van der Waals surface area contributed by atoms with Gasteiger partial charge in [-0.15, -0.1) is 0 Å². The van der Waals surface area contributed by atoms with Gasteiger partial charge in [0.05, 0.1) is 0 Å². The molecule has 0 atom stereocenters. The van der Waals surface area contributed by atoms with Crippen LogP contribution in [-0.4, -0.2) is 5.24 Å². The van der Waals surface area contributed by atoms with Gasteiger partial charge >= 0.3 is 0 Å². The predicted molar refractivity (Wildman–Crippen MR) is 65.6 cm³/mol. The second kappa shape index (κ2) is 4.68. The van der Waals surface area contributed by atoms with Crippen molar-refractivity contribution < 1.29 is 9.18 Å². The minimum Gasteiger partial charge on any atom is -0.277 e. The third-order valence-electron chi connectivity index (χ3n) is 2.61. The molecule has 1 nitrogen and oxygen atoms in total. The topological polar surface area (TPSA) is 17.1 Å². The molecule has 0 bridgehead atoms. The first-order valence-corrected chi connectivity index (χ1v) is 5.53. The average Bonchev–Trinajstić information content (AvgIpc) is 2.39. The molecule has 0 heterocycles. The van der Waals surface area contributed by atoms with Crippen LogP contribution in [0.2, 0.25) is 0 Å². The summed E-state index contributed by atoms with van der Waals surface area (Å²) in [6.45, 7) is 0. The maximum absolute atomic E-state index is 14.9. The fourth-order valence-electron chi connectivity index (χ4n) is 1.73. The number of carbonyl (C=O) groups excluding carboxylic acids is 1. The van der Waals surface area contributed by atoms with E-state index in [0.29, 0.717) is 0 Å². The summed E-state index contributed by atoms with van der Waals surface area (Å²) >= 11 is 5.44. The van der Waals surface area contributed by atoms with Crippen LogP contribution in [0, 0.1) is 0 Å². The molecule has 0 N–H and O–H groups in total. The summed E-state index contributed by atoms with van der Waals surface area (Å²) in [5.74, 6) is 0. The van der Waals surface area contributed by atoms with E-state index in [9.17, 15) is 9.18 Å². The highest BCUT2D eigenvalue weighted by atomic mass is 35.5. The molecule has 0 spiro atoms. The highest BCUT2D eigenvalue weighted by Crippen LogP contribution is 2.35. The van der Waals surface area contributed by atoms with Gasteiger partial charge in [0.25, 0.3) is 5.24 Å². The maximum atomic E-state index is 14.9. The minimum absolute atomic E-state index is 0.242. The Morgan fingerprint density at radius 3 is 1.53 bits per heavy atom. The van der Waals surface area contributed by atoms with Crippen molar-refractivity contribution in [2.45, 2.75) is 5.67 Å². The van der Waals surface area contributed by atoms with Crippen LogP contribution in [-0.2, 0) is 10.5 Å². The Labute approximate surface area is 104 Å².